The summed E-state index contributed by atoms with van der Waals surface area (Å²) in [6, 6.07) is 13.0. The molecule has 3 heteroatoms. The van der Waals surface area contributed by atoms with Crippen LogP contribution in [-0.4, -0.2) is 11.9 Å². The molecule has 1 aliphatic rings. The van der Waals surface area contributed by atoms with E-state index in [2.05, 4.69) is 17.6 Å². The lowest BCUT2D eigenvalue weighted by atomic mass is 10.00. The topological polar surface area (TPSA) is 38.7 Å². The summed E-state index contributed by atoms with van der Waals surface area (Å²) in [7, 11) is 0. The highest BCUT2D eigenvalue weighted by molar-refractivity contribution is 6.06. The zero-order chi connectivity index (χ0) is 15.7. The minimum Gasteiger partial charge on any atom is -0.405 e. The molecule has 0 aromatic heterocycles. The molecule has 2 aromatic carbocycles. The highest BCUT2D eigenvalue weighted by Crippen LogP contribution is 2.29. The van der Waals surface area contributed by atoms with E-state index in [0.29, 0.717) is 5.90 Å². The second-order valence-electron chi connectivity index (χ2n) is 5.44. The molecule has 1 unspecified atom stereocenters. The number of aryl methyl sites for hydroxylation is 2. The quantitative estimate of drug-likeness (QED) is 0.802. The van der Waals surface area contributed by atoms with E-state index in [1.807, 2.05) is 50.2 Å². The summed E-state index contributed by atoms with van der Waals surface area (Å²) in [5.74, 6) is 0.0559. The fraction of sp³-hybridized carbons (Fsp3) is 0.158. The minimum absolute atomic E-state index is 0.324. The molecule has 3 rings (SSSR count). The molecule has 110 valence electrons. The monoisotopic (exact) mass is 291 g/mol. The fourth-order valence-electron chi connectivity index (χ4n) is 2.57. The zero-order valence-corrected chi connectivity index (χ0v) is 12.7. The van der Waals surface area contributed by atoms with Gasteiger partial charge in [-0.3, -0.25) is 0 Å². The van der Waals surface area contributed by atoms with Gasteiger partial charge in [0, 0.05) is 5.56 Å². The fourth-order valence-corrected chi connectivity index (χ4v) is 2.57. The zero-order valence-electron chi connectivity index (χ0n) is 12.7. The minimum atomic E-state index is -0.574. The van der Waals surface area contributed by atoms with Crippen LogP contribution in [-0.2, 0) is 9.53 Å². The molecule has 1 heterocycles. The molecule has 2 aromatic rings. The standard InChI is InChI=1S/C19H17NO2/c1-4-14-6-8-15(9-7-14)18-20-17(19(21)22-18)16-10-5-12(2)11-13(16)3/h4-11,17H,1H2,2-3H3. The van der Waals surface area contributed by atoms with E-state index in [4.69, 9.17) is 4.74 Å². The van der Waals surface area contributed by atoms with Gasteiger partial charge in [0.25, 0.3) is 0 Å². The first-order valence-corrected chi connectivity index (χ1v) is 7.18. The molecule has 22 heavy (non-hydrogen) atoms. The third-order valence-corrected chi connectivity index (χ3v) is 3.78. The van der Waals surface area contributed by atoms with Gasteiger partial charge in [0.05, 0.1) is 0 Å². The Hall–Kier alpha value is -2.68. The molecule has 3 nitrogen and oxygen atoms in total. The Bertz CT molecular complexity index is 773. The molecule has 1 atom stereocenters. The number of cyclic esters (lactones) is 1. The van der Waals surface area contributed by atoms with Crippen LogP contribution in [0.15, 0.2) is 54.0 Å². The lowest BCUT2D eigenvalue weighted by molar-refractivity contribution is -0.135. The van der Waals surface area contributed by atoms with Gasteiger partial charge in [-0.2, -0.15) is 0 Å². The largest absolute Gasteiger partial charge is 0.405 e. The summed E-state index contributed by atoms with van der Waals surface area (Å²) in [5.41, 5.74) is 4.92. The second-order valence-corrected chi connectivity index (χ2v) is 5.44. The number of ether oxygens (including phenoxy) is 1. The number of aliphatic imine (C=N–C) groups is 1. The first kappa shape index (κ1) is 14.3. The van der Waals surface area contributed by atoms with Gasteiger partial charge >= 0.3 is 5.97 Å². The predicted octanol–water partition coefficient (Wildman–Crippen LogP) is 3.99. The van der Waals surface area contributed by atoms with Crippen LogP contribution in [0.5, 0.6) is 0 Å². The number of benzene rings is 2. The predicted molar refractivity (Wildman–Crippen MR) is 87.8 cm³/mol. The van der Waals surface area contributed by atoms with Gasteiger partial charge in [0.15, 0.2) is 6.04 Å². The summed E-state index contributed by atoms with van der Waals surface area (Å²) in [4.78, 5) is 16.6. The van der Waals surface area contributed by atoms with Crippen molar-refractivity contribution in [2.75, 3.05) is 0 Å². The number of nitrogens with zero attached hydrogens (tertiary/aromatic N) is 1. The van der Waals surface area contributed by atoms with E-state index in [0.717, 1.165) is 27.8 Å². The van der Waals surface area contributed by atoms with Crippen molar-refractivity contribution in [3.8, 4) is 0 Å². The van der Waals surface area contributed by atoms with Crippen LogP contribution in [0.1, 0.15) is 33.9 Å². The lowest BCUT2D eigenvalue weighted by Crippen LogP contribution is -2.10. The van der Waals surface area contributed by atoms with Crippen molar-refractivity contribution in [2.45, 2.75) is 19.9 Å². The number of esters is 1. The van der Waals surface area contributed by atoms with Crippen LogP contribution < -0.4 is 0 Å². The number of carbonyl (C=O) groups excluding carboxylic acids is 1. The summed E-state index contributed by atoms with van der Waals surface area (Å²) in [6.07, 6.45) is 1.77. The van der Waals surface area contributed by atoms with Gasteiger partial charge in [0.1, 0.15) is 0 Å². The molecule has 0 amide bonds. The lowest BCUT2D eigenvalue weighted by Gasteiger charge is -2.08. The average Bonchev–Trinajstić information content (AvgIpc) is 2.89. The second kappa shape index (κ2) is 5.60. The smallest absolute Gasteiger partial charge is 0.342 e. The van der Waals surface area contributed by atoms with Crippen LogP contribution >= 0.6 is 0 Å². The van der Waals surface area contributed by atoms with Crippen molar-refractivity contribution in [3.05, 3.63) is 76.9 Å². The molecule has 0 saturated carbocycles. The van der Waals surface area contributed by atoms with Gasteiger partial charge in [-0.1, -0.05) is 48.6 Å². The van der Waals surface area contributed by atoms with Gasteiger partial charge in [0.2, 0.25) is 5.90 Å². The van der Waals surface area contributed by atoms with E-state index in [-0.39, 0.29) is 5.97 Å². The van der Waals surface area contributed by atoms with Crippen LogP contribution in [0.4, 0.5) is 0 Å². The van der Waals surface area contributed by atoms with Crippen molar-refractivity contribution in [2.24, 2.45) is 4.99 Å². The normalized spacial score (nSPS) is 17.1. The average molecular weight is 291 g/mol. The number of hydrogen-bond donors (Lipinski definition) is 0. The third kappa shape index (κ3) is 2.58. The Morgan fingerprint density at radius 2 is 1.86 bits per heavy atom. The van der Waals surface area contributed by atoms with E-state index in [9.17, 15) is 4.79 Å². The van der Waals surface area contributed by atoms with Gasteiger partial charge in [-0.15, -0.1) is 0 Å². The van der Waals surface area contributed by atoms with Crippen molar-refractivity contribution >= 4 is 17.9 Å². The molecule has 0 N–H and O–H groups in total. The Kier molecular flexibility index (Phi) is 3.63. The highest BCUT2D eigenvalue weighted by Gasteiger charge is 2.32. The number of hydrogen-bond acceptors (Lipinski definition) is 3. The Labute approximate surface area is 130 Å². The Morgan fingerprint density at radius 3 is 2.50 bits per heavy atom. The maximum Gasteiger partial charge on any atom is 0.342 e. The van der Waals surface area contributed by atoms with Crippen LogP contribution in [0, 0.1) is 13.8 Å². The van der Waals surface area contributed by atoms with Crippen LogP contribution in [0.25, 0.3) is 6.08 Å². The first-order valence-electron chi connectivity index (χ1n) is 7.18. The molecule has 1 aliphatic heterocycles. The van der Waals surface area contributed by atoms with Crippen molar-refractivity contribution in [1.82, 2.24) is 0 Å². The van der Waals surface area contributed by atoms with E-state index in [1.165, 1.54) is 0 Å². The van der Waals surface area contributed by atoms with Crippen LogP contribution in [0.2, 0.25) is 0 Å². The maximum absolute atomic E-state index is 12.2. The summed E-state index contributed by atoms with van der Waals surface area (Å²) < 4.78 is 5.36. The summed E-state index contributed by atoms with van der Waals surface area (Å²) >= 11 is 0. The molecule has 0 radical (unpaired) electrons. The van der Waals surface area contributed by atoms with Crippen molar-refractivity contribution < 1.29 is 9.53 Å². The van der Waals surface area contributed by atoms with Crippen molar-refractivity contribution in [1.29, 1.82) is 0 Å². The molecule has 0 saturated heterocycles. The van der Waals surface area contributed by atoms with Crippen LogP contribution in [0.3, 0.4) is 0 Å². The van der Waals surface area contributed by atoms with Gasteiger partial charge < -0.3 is 4.74 Å². The molecular formula is C19H17NO2. The summed E-state index contributed by atoms with van der Waals surface area (Å²) in [6.45, 7) is 7.74. The Balaban J connectivity index is 1.95. The van der Waals surface area contributed by atoms with Crippen molar-refractivity contribution in [3.63, 3.8) is 0 Å². The highest BCUT2D eigenvalue weighted by atomic mass is 16.6. The van der Waals surface area contributed by atoms with E-state index < -0.39 is 6.04 Å². The maximum atomic E-state index is 12.2. The molecular weight excluding hydrogens is 274 g/mol. The molecule has 0 bridgehead atoms. The molecule has 0 aliphatic carbocycles. The molecule has 0 spiro atoms. The van der Waals surface area contributed by atoms with Gasteiger partial charge in [-0.25, -0.2) is 9.79 Å². The van der Waals surface area contributed by atoms with Gasteiger partial charge in [-0.05, 0) is 42.7 Å². The first-order chi connectivity index (χ1) is 10.6. The third-order valence-electron chi connectivity index (χ3n) is 3.78. The SMILES string of the molecule is C=Cc1ccc(C2=NC(c3ccc(C)cc3C)C(=O)O2)cc1. The molecule has 0 fully saturated rings. The van der Waals surface area contributed by atoms with E-state index in [1.54, 1.807) is 6.08 Å². The number of rotatable bonds is 3. The summed E-state index contributed by atoms with van der Waals surface area (Å²) in [5, 5.41) is 0. The Morgan fingerprint density at radius 1 is 1.14 bits per heavy atom. The number of carbonyl (C=O) groups is 1. The van der Waals surface area contributed by atoms with E-state index >= 15 is 0 Å².